The molecule has 280 valence electrons. The Hall–Kier alpha value is -8.27. The molecule has 0 saturated carbocycles. The second kappa shape index (κ2) is 5.27. The molecule has 1 fully saturated rings. The molecule has 1 amide bonds. The molecule has 4 aliphatic carbocycles. The maximum absolute atomic E-state index is 16.0. The van der Waals surface area contributed by atoms with Crippen molar-refractivity contribution in [2.75, 3.05) is 0 Å². The minimum atomic E-state index is -1.00. The molecule has 0 radical (unpaired) electrons. The number of amides is 1. The molecule has 1 aliphatic heterocycles. The molecule has 0 N–H and O–H groups in total. The summed E-state index contributed by atoms with van der Waals surface area (Å²) in [6, 6.07) is -0.0731. The van der Waals surface area contributed by atoms with Crippen molar-refractivity contribution >= 4 is 297 Å². The summed E-state index contributed by atoms with van der Waals surface area (Å²) in [6.45, 7) is 4.60. The minimum Gasteiger partial charge on any atom is -0.429 e. The van der Waals surface area contributed by atoms with Gasteiger partial charge in [0.05, 0.1) is 0 Å². The van der Waals surface area contributed by atoms with Gasteiger partial charge in [0.15, 0.2) is 5.60 Å². The van der Waals surface area contributed by atoms with Gasteiger partial charge in [0, 0.05) is 28.3 Å². The fourth-order valence-electron chi connectivity index (χ4n) is 24.6. The lowest BCUT2D eigenvalue weighted by Gasteiger charge is -2.50. The lowest BCUT2D eigenvalue weighted by Crippen LogP contribution is -2.58. The number of hydrogen-bond donors (Lipinski definition) is 0. The Morgan fingerprint density at radius 1 is 0.254 bits per heavy atom. The van der Waals surface area contributed by atoms with Crippen LogP contribution in [0.2, 0.25) is 0 Å². The molecular formula is C64H7NO2. The van der Waals surface area contributed by atoms with Crippen molar-refractivity contribution in [2.45, 2.75) is 31.0 Å². The van der Waals surface area contributed by atoms with Gasteiger partial charge in [-0.3, -0.25) is 4.90 Å². The molecule has 67 heavy (non-hydrogen) atoms. The summed E-state index contributed by atoms with van der Waals surface area (Å²) in [5.41, 5.74) is 3.81. The van der Waals surface area contributed by atoms with Gasteiger partial charge in [0.1, 0.15) is 5.54 Å². The molecule has 0 bridgehead atoms. The molecule has 1 heterocycles. The number of carbonyl (C=O) groups is 1. The summed E-state index contributed by atoms with van der Waals surface area (Å²) in [4.78, 5) is 18.4. The summed E-state index contributed by atoms with van der Waals surface area (Å²) in [6.07, 6.45) is -0.120. The number of nitrogens with zero attached hydrogens (tertiary/aromatic N) is 1. The van der Waals surface area contributed by atoms with Gasteiger partial charge in [-0.2, -0.15) is 0 Å². The van der Waals surface area contributed by atoms with Crippen molar-refractivity contribution in [3.05, 3.63) is 22.3 Å². The van der Waals surface area contributed by atoms with Crippen molar-refractivity contribution < 1.29 is 9.53 Å². The van der Waals surface area contributed by atoms with E-state index in [1.54, 1.807) is 205 Å². The maximum atomic E-state index is 16.0. The lowest BCUT2D eigenvalue weighted by atomic mass is 9.59. The fourth-order valence-corrected chi connectivity index (χ4v) is 24.6. The average molecular weight is 822 g/mol. The zero-order chi connectivity index (χ0) is 39.9. The van der Waals surface area contributed by atoms with Crippen LogP contribution in [0.5, 0.6) is 0 Å². The standard InChI is InChI=1S/C64H7NO2/c1-3(2)65-62(66)67-64-60-54-48-38-26-18-10-6-4-5-8-12(10)20(26)30-24-16(8)17-9(5)13-11-7(4)15-14(6)22-28(18)36-42-32(22)33-23(15)29-19(11)27-21(13)31-25(17)35-34(24)46(40(30)48)56(60)57-47(35)41(31)49-39(27)45-37(29)43(33)51-50(42)58(52(54)44(36)38)63(64,65)59(51)53(45)55(49)61(57)64/h3H,1-2H3. The number of rotatable bonds is 1. The van der Waals surface area contributed by atoms with E-state index >= 15 is 4.79 Å². The summed E-state index contributed by atoms with van der Waals surface area (Å²) in [5, 5.41) is 84.2. The van der Waals surface area contributed by atoms with Crippen molar-refractivity contribution in [1.82, 2.24) is 4.90 Å². The number of benzene rings is 18. The van der Waals surface area contributed by atoms with Crippen LogP contribution in [0, 0.1) is 0 Å². The second-order valence-corrected chi connectivity index (χ2v) is 25.0. The molecule has 2 spiro atoms. The van der Waals surface area contributed by atoms with E-state index in [0.717, 1.165) is 0 Å². The molecule has 3 heteroatoms. The number of hydrogen-bond acceptors (Lipinski definition) is 2. The predicted octanol–water partition coefficient (Wildman–Crippen LogP) is 17.1. The Bertz CT molecular complexity index is 6940. The van der Waals surface area contributed by atoms with Crippen LogP contribution in [0.3, 0.4) is 0 Å². The van der Waals surface area contributed by atoms with E-state index in [9.17, 15) is 0 Å². The molecule has 0 aromatic heterocycles. The van der Waals surface area contributed by atoms with Crippen LogP contribution in [0.1, 0.15) is 36.1 Å². The predicted molar refractivity (Wildman–Crippen MR) is 277 cm³/mol. The van der Waals surface area contributed by atoms with Gasteiger partial charge in [-0.25, -0.2) is 4.79 Å². The van der Waals surface area contributed by atoms with Crippen molar-refractivity contribution in [3.8, 4) is 0 Å². The first-order valence-corrected chi connectivity index (χ1v) is 25.0. The second-order valence-electron chi connectivity index (χ2n) is 25.0. The highest BCUT2D eigenvalue weighted by atomic mass is 16.6. The van der Waals surface area contributed by atoms with Crippen LogP contribution in [0.15, 0.2) is 0 Å². The zero-order valence-corrected chi connectivity index (χ0v) is 34.3. The first-order valence-electron chi connectivity index (χ1n) is 25.0. The Morgan fingerprint density at radius 3 is 0.567 bits per heavy atom. The Morgan fingerprint density at radius 2 is 0.403 bits per heavy atom. The topological polar surface area (TPSA) is 29.5 Å². The van der Waals surface area contributed by atoms with Crippen LogP contribution in [-0.2, 0) is 15.9 Å². The van der Waals surface area contributed by atoms with Gasteiger partial charge in [0.25, 0.3) is 0 Å². The summed E-state index contributed by atoms with van der Waals surface area (Å²) in [7, 11) is 0. The highest BCUT2D eigenvalue weighted by molar-refractivity contribution is 6.82. The molecule has 28 aromatic carbocycles. The van der Waals surface area contributed by atoms with Crippen LogP contribution in [0.25, 0.3) is 291 Å². The SMILES string of the molecule is CC(C)N1C(=O)OC23c4c5c6c7c8c9c(c%10c%11c2c2c4c4c%12c5c5c6c6c8c8c%13c9c9c%10c%10c%11c%11c2c2c4c4c%12c%12c5c5c6c8c6c8c%13c9c9c%10c%10c%11c2c2c4c4c%12c5c6c5c8c9c%10c2c45)C713. The van der Waals surface area contributed by atoms with E-state index in [1.807, 2.05) is 0 Å². The fraction of sp³-hybridized carbons (Fsp3) is 0.0781. The van der Waals surface area contributed by atoms with Gasteiger partial charge in [-0.1, -0.05) is 0 Å². The Labute approximate surface area is 362 Å². The van der Waals surface area contributed by atoms with Gasteiger partial charge in [-0.15, -0.1) is 0 Å². The third-order valence-electron chi connectivity index (χ3n) is 24.5. The normalized spacial score (nSPS) is 23.1. The molecule has 3 nitrogen and oxygen atoms in total. The van der Waals surface area contributed by atoms with E-state index < -0.39 is 11.1 Å². The zero-order valence-electron chi connectivity index (χ0n) is 34.3. The van der Waals surface area contributed by atoms with Gasteiger partial charge in [0.2, 0.25) is 0 Å². The quantitative estimate of drug-likeness (QED) is 0.154. The smallest absolute Gasteiger partial charge is 0.412 e. The molecule has 0 atom stereocenters. The Balaban J connectivity index is 1.25. The van der Waals surface area contributed by atoms with Gasteiger partial charge in [-0.05, 0) is 305 Å². The number of carbonyl (C=O) groups excluding carboxylic acids is 1. The van der Waals surface area contributed by atoms with Crippen LogP contribution < -0.4 is 0 Å². The van der Waals surface area contributed by atoms with Gasteiger partial charge < -0.3 is 4.74 Å². The van der Waals surface area contributed by atoms with E-state index in [1.165, 1.54) is 108 Å². The summed E-state index contributed by atoms with van der Waals surface area (Å²) in [5.74, 6) is 0. The maximum Gasteiger partial charge on any atom is 0.412 e. The third kappa shape index (κ3) is 1.22. The van der Waals surface area contributed by atoms with Crippen LogP contribution in [-0.4, -0.2) is 17.0 Å². The molecule has 33 rings (SSSR count). The van der Waals surface area contributed by atoms with E-state index in [2.05, 4.69) is 18.7 Å². The molecular weight excluding hydrogens is 815 g/mol. The van der Waals surface area contributed by atoms with Crippen molar-refractivity contribution in [2.24, 2.45) is 0 Å². The van der Waals surface area contributed by atoms with Crippen LogP contribution >= 0.6 is 0 Å². The highest BCUT2D eigenvalue weighted by Gasteiger charge is 2.78. The third-order valence-corrected chi connectivity index (χ3v) is 24.5. The molecule has 5 aliphatic rings. The molecule has 0 unspecified atom stereocenters. The monoisotopic (exact) mass is 821 g/mol. The summed E-state index contributed by atoms with van der Waals surface area (Å²) >= 11 is 0. The van der Waals surface area contributed by atoms with Gasteiger partial charge >= 0.3 is 6.09 Å². The Kier molecular flexibility index (Phi) is 1.91. The molecule has 1 saturated heterocycles. The number of ether oxygens (including phenoxy) is 1. The minimum absolute atomic E-state index is 0.0731. The van der Waals surface area contributed by atoms with E-state index in [-0.39, 0.29) is 12.1 Å². The first-order chi connectivity index (χ1) is 33.2. The average Bonchev–Trinajstić information content (AvgIpc) is 4.18. The van der Waals surface area contributed by atoms with Crippen LogP contribution in [0.4, 0.5) is 4.79 Å². The van der Waals surface area contributed by atoms with E-state index in [0.29, 0.717) is 0 Å². The van der Waals surface area contributed by atoms with Crippen molar-refractivity contribution in [1.29, 1.82) is 0 Å². The first kappa shape index (κ1) is 24.3. The van der Waals surface area contributed by atoms with E-state index in [4.69, 9.17) is 4.74 Å². The highest BCUT2D eigenvalue weighted by Crippen LogP contribution is 2.86. The largest absolute Gasteiger partial charge is 0.429 e. The molecule has 28 aromatic rings. The lowest BCUT2D eigenvalue weighted by molar-refractivity contribution is 0.0385. The van der Waals surface area contributed by atoms with Crippen molar-refractivity contribution in [3.63, 3.8) is 0 Å². The summed E-state index contributed by atoms with van der Waals surface area (Å²) < 4.78 is 7.91.